The SMILES string of the molecule is CCOC(=O)CC(O)C(O)c1ccc(N)cc1OC. The van der Waals surface area contributed by atoms with Crippen LogP contribution < -0.4 is 10.5 Å². The van der Waals surface area contributed by atoms with Gasteiger partial charge in [0.25, 0.3) is 0 Å². The molecule has 6 heteroatoms. The van der Waals surface area contributed by atoms with Crippen molar-refractivity contribution in [3.8, 4) is 5.75 Å². The van der Waals surface area contributed by atoms with Crippen LogP contribution in [-0.4, -0.2) is 36.0 Å². The molecule has 0 fully saturated rings. The lowest BCUT2D eigenvalue weighted by Gasteiger charge is -2.19. The highest BCUT2D eigenvalue weighted by molar-refractivity contribution is 5.70. The third-order valence-corrected chi connectivity index (χ3v) is 2.62. The number of aliphatic hydroxyl groups is 2. The lowest BCUT2D eigenvalue weighted by Crippen LogP contribution is -2.23. The lowest BCUT2D eigenvalue weighted by atomic mass is 10.0. The van der Waals surface area contributed by atoms with Gasteiger partial charge in [-0.3, -0.25) is 4.79 Å². The summed E-state index contributed by atoms with van der Waals surface area (Å²) in [6, 6.07) is 4.67. The quantitative estimate of drug-likeness (QED) is 0.517. The van der Waals surface area contributed by atoms with E-state index >= 15 is 0 Å². The Morgan fingerprint density at radius 2 is 2.11 bits per heavy atom. The van der Waals surface area contributed by atoms with Crippen LogP contribution in [0.2, 0.25) is 0 Å². The van der Waals surface area contributed by atoms with E-state index in [4.69, 9.17) is 15.2 Å². The van der Waals surface area contributed by atoms with Gasteiger partial charge >= 0.3 is 5.97 Å². The van der Waals surface area contributed by atoms with Crippen LogP contribution in [-0.2, 0) is 9.53 Å². The van der Waals surface area contributed by atoms with Crippen LogP contribution in [0.15, 0.2) is 18.2 Å². The van der Waals surface area contributed by atoms with E-state index in [2.05, 4.69) is 0 Å². The third kappa shape index (κ3) is 4.11. The normalized spacial score (nSPS) is 13.7. The number of esters is 1. The Hall–Kier alpha value is -1.79. The zero-order valence-corrected chi connectivity index (χ0v) is 11.0. The van der Waals surface area contributed by atoms with E-state index in [0.717, 1.165) is 0 Å². The van der Waals surface area contributed by atoms with Crippen LogP contribution in [0.1, 0.15) is 25.0 Å². The fraction of sp³-hybridized carbons (Fsp3) is 0.462. The highest BCUT2D eigenvalue weighted by atomic mass is 16.5. The summed E-state index contributed by atoms with van der Waals surface area (Å²) in [4.78, 5) is 11.3. The number of nitrogen functional groups attached to an aromatic ring is 1. The van der Waals surface area contributed by atoms with Crippen molar-refractivity contribution < 1.29 is 24.5 Å². The Balaban J connectivity index is 2.81. The number of ether oxygens (including phenoxy) is 2. The van der Waals surface area contributed by atoms with Gasteiger partial charge in [0.1, 0.15) is 11.9 Å². The molecule has 0 amide bonds. The van der Waals surface area contributed by atoms with Crippen molar-refractivity contribution in [1.29, 1.82) is 0 Å². The molecule has 0 aliphatic carbocycles. The number of hydrogen-bond acceptors (Lipinski definition) is 6. The van der Waals surface area contributed by atoms with Gasteiger partial charge in [-0.2, -0.15) is 0 Å². The number of nitrogens with two attached hydrogens (primary N) is 1. The molecule has 19 heavy (non-hydrogen) atoms. The lowest BCUT2D eigenvalue weighted by molar-refractivity contribution is -0.147. The summed E-state index contributed by atoms with van der Waals surface area (Å²) in [5.74, 6) is -0.209. The summed E-state index contributed by atoms with van der Waals surface area (Å²) < 4.78 is 9.80. The molecule has 4 N–H and O–H groups in total. The smallest absolute Gasteiger partial charge is 0.308 e. The van der Waals surface area contributed by atoms with E-state index in [-0.39, 0.29) is 13.0 Å². The van der Waals surface area contributed by atoms with Crippen molar-refractivity contribution >= 4 is 11.7 Å². The predicted octanol–water partition coefficient (Wildman–Crippen LogP) is 0.625. The third-order valence-electron chi connectivity index (χ3n) is 2.62. The van der Waals surface area contributed by atoms with Gasteiger partial charge in [0.05, 0.1) is 26.2 Å². The van der Waals surface area contributed by atoms with Crippen LogP contribution in [0, 0.1) is 0 Å². The Morgan fingerprint density at radius 1 is 1.42 bits per heavy atom. The first kappa shape index (κ1) is 15.3. The van der Waals surface area contributed by atoms with Crippen LogP contribution >= 0.6 is 0 Å². The minimum atomic E-state index is -1.27. The first-order valence-corrected chi connectivity index (χ1v) is 5.94. The summed E-state index contributed by atoms with van der Waals surface area (Å²) in [5, 5.41) is 19.9. The number of benzene rings is 1. The van der Waals surface area contributed by atoms with Crippen molar-refractivity contribution in [3.63, 3.8) is 0 Å². The molecule has 1 aromatic carbocycles. The molecule has 1 rings (SSSR count). The van der Waals surface area contributed by atoms with Gasteiger partial charge in [-0.25, -0.2) is 0 Å². The highest BCUT2D eigenvalue weighted by Crippen LogP contribution is 2.30. The zero-order chi connectivity index (χ0) is 14.4. The van der Waals surface area contributed by atoms with Crippen molar-refractivity contribution in [1.82, 2.24) is 0 Å². The fourth-order valence-electron chi connectivity index (χ4n) is 1.68. The maximum Gasteiger partial charge on any atom is 0.308 e. The molecular weight excluding hydrogens is 250 g/mol. The Kier molecular flexibility index (Phi) is 5.59. The Morgan fingerprint density at radius 3 is 2.68 bits per heavy atom. The van der Waals surface area contributed by atoms with Crippen molar-refractivity contribution in [2.75, 3.05) is 19.5 Å². The summed E-state index contributed by atoms with van der Waals surface area (Å²) in [6.45, 7) is 1.90. The molecule has 0 radical (unpaired) electrons. The molecule has 0 aliphatic heterocycles. The zero-order valence-electron chi connectivity index (χ0n) is 11.0. The summed E-state index contributed by atoms with van der Waals surface area (Å²) in [7, 11) is 1.43. The van der Waals surface area contributed by atoms with E-state index in [1.165, 1.54) is 13.2 Å². The maximum absolute atomic E-state index is 11.3. The summed E-state index contributed by atoms with van der Waals surface area (Å²) >= 11 is 0. The van der Waals surface area contributed by atoms with Gasteiger partial charge in [-0.1, -0.05) is 6.07 Å². The standard InChI is InChI=1S/C13H19NO5/c1-3-19-12(16)7-10(15)13(17)9-5-4-8(14)6-11(9)18-2/h4-6,10,13,15,17H,3,7,14H2,1-2H3. The van der Waals surface area contributed by atoms with Crippen molar-refractivity contribution in [3.05, 3.63) is 23.8 Å². The van der Waals surface area contributed by atoms with E-state index < -0.39 is 18.2 Å². The molecular formula is C13H19NO5. The highest BCUT2D eigenvalue weighted by Gasteiger charge is 2.24. The molecule has 1 aromatic rings. The van der Waals surface area contributed by atoms with Gasteiger partial charge < -0.3 is 25.4 Å². The average Bonchev–Trinajstić information content (AvgIpc) is 2.37. The Bertz CT molecular complexity index is 435. The molecule has 6 nitrogen and oxygen atoms in total. The van der Waals surface area contributed by atoms with Gasteiger partial charge in [0, 0.05) is 17.3 Å². The predicted molar refractivity (Wildman–Crippen MR) is 69.6 cm³/mol. The number of aliphatic hydroxyl groups excluding tert-OH is 2. The van der Waals surface area contributed by atoms with Gasteiger partial charge in [-0.05, 0) is 13.0 Å². The Labute approximate surface area is 111 Å². The van der Waals surface area contributed by atoms with E-state index in [1.807, 2.05) is 0 Å². The first-order valence-electron chi connectivity index (χ1n) is 5.94. The van der Waals surface area contributed by atoms with E-state index in [0.29, 0.717) is 17.0 Å². The van der Waals surface area contributed by atoms with Gasteiger partial charge in [0.15, 0.2) is 0 Å². The molecule has 106 valence electrons. The number of methoxy groups -OCH3 is 1. The molecule has 0 saturated carbocycles. The second-order valence-corrected chi connectivity index (χ2v) is 4.02. The summed E-state index contributed by atoms with van der Waals surface area (Å²) in [6.07, 6.45) is -2.81. The van der Waals surface area contributed by atoms with E-state index in [1.54, 1.807) is 19.1 Å². The minimum Gasteiger partial charge on any atom is -0.496 e. The molecule has 2 unspecified atom stereocenters. The molecule has 0 aromatic heterocycles. The van der Waals surface area contributed by atoms with Crippen molar-refractivity contribution in [2.45, 2.75) is 25.6 Å². The number of hydrogen-bond donors (Lipinski definition) is 3. The molecule has 0 bridgehead atoms. The summed E-state index contributed by atoms with van der Waals surface area (Å²) in [5.41, 5.74) is 6.45. The second-order valence-electron chi connectivity index (χ2n) is 4.02. The first-order chi connectivity index (χ1) is 8.99. The number of rotatable bonds is 6. The van der Waals surface area contributed by atoms with Gasteiger partial charge in [0.2, 0.25) is 0 Å². The number of carbonyl (C=O) groups is 1. The number of anilines is 1. The second kappa shape index (κ2) is 6.96. The van der Waals surface area contributed by atoms with E-state index in [9.17, 15) is 15.0 Å². The minimum absolute atomic E-state index is 0.229. The molecule has 0 heterocycles. The average molecular weight is 269 g/mol. The van der Waals surface area contributed by atoms with Gasteiger partial charge in [-0.15, -0.1) is 0 Å². The fourth-order valence-corrected chi connectivity index (χ4v) is 1.68. The molecule has 0 saturated heterocycles. The maximum atomic E-state index is 11.3. The number of carbonyl (C=O) groups excluding carboxylic acids is 1. The van der Waals surface area contributed by atoms with Crippen LogP contribution in [0.5, 0.6) is 5.75 Å². The monoisotopic (exact) mass is 269 g/mol. The van der Waals surface area contributed by atoms with Crippen LogP contribution in [0.3, 0.4) is 0 Å². The van der Waals surface area contributed by atoms with Crippen molar-refractivity contribution in [2.24, 2.45) is 0 Å². The molecule has 0 spiro atoms. The largest absolute Gasteiger partial charge is 0.496 e. The van der Waals surface area contributed by atoms with Crippen LogP contribution in [0.25, 0.3) is 0 Å². The molecule has 0 aliphatic rings. The molecule has 2 atom stereocenters. The topological polar surface area (TPSA) is 102 Å². The van der Waals surface area contributed by atoms with Crippen LogP contribution in [0.4, 0.5) is 5.69 Å².